The summed E-state index contributed by atoms with van der Waals surface area (Å²) in [5.41, 5.74) is 2.00. The van der Waals surface area contributed by atoms with Gasteiger partial charge in [0.05, 0.1) is 5.69 Å². The SMILES string of the molecule is CCN(C(=O)c1cc(Oc2ccc(F)cc2)ccc1CCCC(=O)O)c1cccc2ccccc12. The number of aryl methyl sites for hydroxylation is 1. The average Bonchev–Trinajstić information content (AvgIpc) is 2.86. The highest BCUT2D eigenvalue weighted by Crippen LogP contribution is 2.31. The molecule has 35 heavy (non-hydrogen) atoms. The Morgan fingerprint density at radius 1 is 0.914 bits per heavy atom. The molecule has 0 bridgehead atoms. The highest BCUT2D eigenvalue weighted by molar-refractivity contribution is 6.11. The molecule has 4 rings (SSSR count). The van der Waals surface area contributed by atoms with Crippen LogP contribution in [0.25, 0.3) is 10.8 Å². The molecular weight excluding hydrogens is 445 g/mol. The second kappa shape index (κ2) is 10.8. The topological polar surface area (TPSA) is 66.8 Å². The van der Waals surface area contributed by atoms with Crippen LogP contribution >= 0.6 is 0 Å². The predicted molar refractivity (Wildman–Crippen MR) is 135 cm³/mol. The van der Waals surface area contributed by atoms with E-state index in [2.05, 4.69) is 0 Å². The van der Waals surface area contributed by atoms with Crippen LogP contribution in [0.3, 0.4) is 0 Å². The van der Waals surface area contributed by atoms with Gasteiger partial charge in [0, 0.05) is 23.9 Å². The first-order valence-corrected chi connectivity index (χ1v) is 11.5. The summed E-state index contributed by atoms with van der Waals surface area (Å²) >= 11 is 0. The van der Waals surface area contributed by atoms with Crippen LogP contribution in [0.4, 0.5) is 10.1 Å². The number of aliphatic carboxylic acids is 1. The maximum absolute atomic E-state index is 13.9. The lowest BCUT2D eigenvalue weighted by Crippen LogP contribution is -2.31. The van der Waals surface area contributed by atoms with Gasteiger partial charge in [-0.15, -0.1) is 0 Å². The highest BCUT2D eigenvalue weighted by Gasteiger charge is 2.22. The van der Waals surface area contributed by atoms with Crippen LogP contribution in [0.5, 0.6) is 11.5 Å². The number of carbonyl (C=O) groups excluding carboxylic acids is 1. The number of anilines is 1. The summed E-state index contributed by atoms with van der Waals surface area (Å²) in [5, 5.41) is 11.1. The molecule has 0 atom stereocenters. The van der Waals surface area contributed by atoms with Gasteiger partial charge in [-0.2, -0.15) is 0 Å². The number of carboxylic acid groups (broad SMARTS) is 1. The Morgan fingerprint density at radius 2 is 1.63 bits per heavy atom. The van der Waals surface area contributed by atoms with E-state index in [1.807, 2.05) is 49.4 Å². The van der Waals surface area contributed by atoms with Gasteiger partial charge >= 0.3 is 5.97 Å². The molecule has 0 aliphatic rings. The number of ether oxygens (including phenoxy) is 1. The molecule has 0 aliphatic carbocycles. The van der Waals surface area contributed by atoms with Crippen molar-refractivity contribution in [3.8, 4) is 11.5 Å². The first kappa shape index (κ1) is 24.0. The summed E-state index contributed by atoms with van der Waals surface area (Å²) in [6, 6.07) is 24.6. The van der Waals surface area contributed by atoms with Crippen molar-refractivity contribution in [3.63, 3.8) is 0 Å². The summed E-state index contributed by atoms with van der Waals surface area (Å²) in [6.07, 6.45) is 0.869. The van der Waals surface area contributed by atoms with Gasteiger partial charge in [-0.25, -0.2) is 4.39 Å². The third-order valence-electron chi connectivity index (χ3n) is 5.82. The van der Waals surface area contributed by atoms with E-state index in [0.29, 0.717) is 36.4 Å². The second-order valence-electron chi connectivity index (χ2n) is 8.17. The van der Waals surface area contributed by atoms with Crippen LogP contribution in [0, 0.1) is 5.82 Å². The average molecular weight is 472 g/mol. The number of rotatable bonds is 9. The van der Waals surface area contributed by atoms with E-state index in [9.17, 15) is 14.0 Å². The van der Waals surface area contributed by atoms with Crippen molar-refractivity contribution in [2.45, 2.75) is 26.2 Å². The van der Waals surface area contributed by atoms with E-state index < -0.39 is 5.97 Å². The molecule has 6 heteroatoms. The Balaban J connectivity index is 1.72. The third kappa shape index (κ3) is 5.66. The number of amides is 1. The minimum atomic E-state index is -0.875. The lowest BCUT2D eigenvalue weighted by atomic mass is 9.99. The van der Waals surface area contributed by atoms with Crippen molar-refractivity contribution in [2.24, 2.45) is 0 Å². The molecule has 0 unspecified atom stereocenters. The number of carboxylic acids is 1. The Hall–Kier alpha value is -4.19. The maximum atomic E-state index is 13.9. The zero-order valence-electron chi connectivity index (χ0n) is 19.4. The zero-order chi connectivity index (χ0) is 24.8. The van der Waals surface area contributed by atoms with Crippen LogP contribution in [-0.4, -0.2) is 23.5 Å². The van der Waals surface area contributed by atoms with Crippen molar-refractivity contribution >= 4 is 28.3 Å². The molecule has 0 saturated carbocycles. The van der Waals surface area contributed by atoms with Gasteiger partial charge in [-0.1, -0.05) is 42.5 Å². The van der Waals surface area contributed by atoms with Crippen LogP contribution in [0.1, 0.15) is 35.7 Å². The molecule has 1 N–H and O–H groups in total. The van der Waals surface area contributed by atoms with E-state index in [1.54, 1.807) is 23.1 Å². The van der Waals surface area contributed by atoms with Gasteiger partial charge in [-0.3, -0.25) is 9.59 Å². The fourth-order valence-corrected chi connectivity index (χ4v) is 4.12. The van der Waals surface area contributed by atoms with Gasteiger partial charge in [0.2, 0.25) is 0 Å². The highest BCUT2D eigenvalue weighted by atomic mass is 19.1. The normalized spacial score (nSPS) is 10.8. The lowest BCUT2D eigenvalue weighted by molar-refractivity contribution is -0.137. The van der Waals surface area contributed by atoms with Gasteiger partial charge in [-0.05, 0) is 73.2 Å². The van der Waals surface area contributed by atoms with Crippen LogP contribution in [0.15, 0.2) is 84.9 Å². The fraction of sp³-hybridized carbons (Fsp3) is 0.172. The van der Waals surface area contributed by atoms with Gasteiger partial charge in [0.15, 0.2) is 0 Å². The van der Waals surface area contributed by atoms with Crippen molar-refractivity contribution in [2.75, 3.05) is 11.4 Å². The van der Waals surface area contributed by atoms with E-state index in [0.717, 1.165) is 22.0 Å². The standard InChI is InChI=1S/C29H26FNO4/c1-2-31(27-11-5-8-20-7-3-4-10-25(20)27)29(34)26-19-24(35-23-17-14-22(30)15-18-23)16-13-21(26)9-6-12-28(32)33/h3-5,7-8,10-11,13-19H,2,6,9,12H2,1H3,(H,32,33). The first-order valence-electron chi connectivity index (χ1n) is 11.5. The van der Waals surface area contributed by atoms with Crippen molar-refractivity contribution in [1.82, 2.24) is 0 Å². The summed E-state index contributed by atoms with van der Waals surface area (Å²) < 4.78 is 19.2. The fourth-order valence-electron chi connectivity index (χ4n) is 4.12. The molecule has 0 radical (unpaired) electrons. The quantitative estimate of drug-likeness (QED) is 0.290. The van der Waals surface area contributed by atoms with Gasteiger partial charge in [0.25, 0.3) is 5.91 Å². The van der Waals surface area contributed by atoms with E-state index in [-0.39, 0.29) is 18.1 Å². The Bertz CT molecular complexity index is 1350. The molecule has 0 aliphatic heterocycles. The number of hydrogen-bond acceptors (Lipinski definition) is 3. The zero-order valence-corrected chi connectivity index (χ0v) is 19.4. The van der Waals surface area contributed by atoms with E-state index in [1.165, 1.54) is 24.3 Å². The summed E-state index contributed by atoms with van der Waals surface area (Å²) in [6.45, 7) is 2.37. The smallest absolute Gasteiger partial charge is 0.303 e. The van der Waals surface area contributed by atoms with Crippen LogP contribution in [0.2, 0.25) is 0 Å². The largest absolute Gasteiger partial charge is 0.481 e. The van der Waals surface area contributed by atoms with E-state index in [4.69, 9.17) is 9.84 Å². The molecule has 5 nitrogen and oxygen atoms in total. The second-order valence-corrected chi connectivity index (χ2v) is 8.17. The molecule has 178 valence electrons. The third-order valence-corrected chi connectivity index (χ3v) is 5.82. The molecule has 4 aromatic carbocycles. The number of benzene rings is 4. The number of hydrogen-bond donors (Lipinski definition) is 1. The van der Waals surface area contributed by atoms with E-state index >= 15 is 0 Å². The van der Waals surface area contributed by atoms with Crippen molar-refractivity contribution in [1.29, 1.82) is 0 Å². The minimum Gasteiger partial charge on any atom is -0.481 e. The van der Waals surface area contributed by atoms with Gasteiger partial charge in [0.1, 0.15) is 17.3 Å². The summed E-state index contributed by atoms with van der Waals surface area (Å²) in [5.74, 6) is -0.546. The molecule has 1 amide bonds. The first-order chi connectivity index (χ1) is 17.0. The Morgan fingerprint density at radius 3 is 2.37 bits per heavy atom. The summed E-state index contributed by atoms with van der Waals surface area (Å²) in [4.78, 5) is 26.6. The maximum Gasteiger partial charge on any atom is 0.303 e. The lowest BCUT2D eigenvalue weighted by Gasteiger charge is -2.24. The number of nitrogens with zero attached hydrogens (tertiary/aromatic N) is 1. The molecular formula is C29H26FNO4. The number of carbonyl (C=O) groups is 2. The molecule has 0 spiro atoms. The van der Waals surface area contributed by atoms with Gasteiger partial charge < -0.3 is 14.7 Å². The molecule has 0 heterocycles. The van der Waals surface area contributed by atoms with Crippen molar-refractivity contribution in [3.05, 3.63) is 102 Å². The number of fused-ring (bicyclic) bond motifs is 1. The number of halogens is 1. The Kier molecular flexibility index (Phi) is 7.41. The van der Waals surface area contributed by atoms with Crippen LogP contribution < -0.4 is 9.64 Å². The Labute approximate surface area is 203 Å². The van der Waals surface area contributed by atoms with Crippen LogP contribution in [-0.2, 0) is 11.2 Å². The van der Waals surface area contributed by atoms with Crippen molar-refractivity contribution < 1.29 is 23.8 Å². The molecule has 0 saturated heterocycles. The monoisotopic (exact) mass is 471 g/mol. The molecule has 0 aromatic heterocycles. The summed E-state index contributed by atoms with van der Waals surface area (Å²) in [7, 11) is 0. The molecule has 0 fully saturated rings. The minimum absolute atomic E-state index is 0.0161. The molecule has 4 aromatic rings. The predicted octanol–water partition coefficient (Wildman–Crippen LogP) is 6.85.